The summed E-state index contributed by atoms with van der Waals surface area (Å²) in [7, 11) is 0. The molecule has 1 aromatic rings. The van der Waals surface area contributed by atoms with Crippen LogP contribution in [0, 0.1) is 5.41 Å². The number of nitrogens with one attached hydrogen (secondary N) is 1. The summed E-state index contributed by atoms with van der Waals surface area (Å²) < 4.78 is 6.01. The Hall–Kier alpha value is -2.24. The van der Waals surface area contributed by atoms with Crippen molar-refractivity contribution >= 4 is 12.0 Å². The third kappa shape index (κ3) is 4.48. The molecule has 2 N–H and O–H groups in total. The fourth-order valence-electron chi connectivity index (χ4n) is 3.66. The van der Waals surface area contributed by atoms with Gasteiger partial charge in [0.25, 0.3) is 0 Å². The summed E-state index contributed by atoms with van der Waals surface area (Å²) in [4.78, 5) is 25.1. The van der Waals surface area contributed by atoms with Crippen LogP contribution >= 0.6 is 0 Å². The van der Waals surface area contributed by atoms with Crippen LogP contribution in [0.5, 0.6) is 5.75 Å². The smallest absolute Gasteiger partial charge is 0.317 e. The Labute approximate surface area is 154 Å². The summed E-state index contributed by atoms with van der Waals surface area (Å²) >= 11 is 0. The molecule has 0 aromatic heterocycles. The molecule has 2 amide bonds. The zero-order chi connectivity index (χ0) is 18.6. The van der Waals surface area contributed by atoms with Gasteiger partial charge < -0.3 is 20.1 Å². The zero-order valence-electron chi connectivity index (χ0n) is 15.4. The minimum atomic E-state index is -0.846. The van der Waals surface area contributed by atoms with E-state index in [0.717, 1.165) is 24.2 Å². The molecule has 0 radical (unpaired) electrons. The number of ether oxygens (including phenoxy) is 1. The van der Waals surface area contributed by atoms with Crippen molar-refractivity contribution in [2.45, 2.75) is 58.1 Å². The van der Waals surface area contributed by atoms with Gasteiger partial charge in [0.1, 0.15) is 5.75 Å². The molecule has 142 valence electrons. The predicted octanol–water partition coefficient (Wildman–Crippen LogP) is 3.40. The van der Waals surface area contributed by atoms with Gasteiger partial charge in [-0.25, -0.2) is 4.79 Å². The quantitative estimate of drug-likeness (QED) is 0.843. The molecule has 26 heavy (non-hydrogen) atoms. The number of carbonyl (C=O) groups is 2. The first-order valence-corrected chi connectivity index (χ1v) is 9.48. The normalized spacial score (nSPS) is 23.7. The van der Waals surface area contributed by atoms with Crippen LogP contribution in [0.4, 0.5) is 4.79 Å². The van der Waals surface area contributed by atoms with Crippen molar-refractivity contribution in [1.29, 1.82) is 0 Å². The lowest BCUT2D eigenvalue weighted by Crippen LogP contribution is -2.40. The average Bonchev–Trinajstić information content (AvgIpc) is 3.06. The van der Waals surface area contributed by atoms with Gasteiger partial charge in [-0.15, -0.1) is 0 Å². The Morgan fingerprint density at radius 2 is 1.92 bits per heavy atom. The van der Waals surface area contributed by atoms with Crippen molar-refractivity contribution in [3.05, 3.63) is 29.8 Å². The zero-order valence-corrected chi connectivity index (χ0v) is 15.4. The molecule has 1 heterocycles. The number of carbonyl (C=O) groups excluding carboxylic acids is 1. The lowest BCUT2D eigenvalue weighted by atomic mass is 9.90. The number of urea groups is 1. The van der Waals surface area contributed by atoms with E-state index in [2.05, 4.69) is 5.32 Å². The highest BCUT2D eigenvalue weighted by Crippen LogP contribution is 2.30. The first kappa shape index (κ1) is 18.5. The molecule has 6 heteroatoms. The highest BCUT2D eigenvalue weighted by atomic mass is 16.5. The summed E-state index contributed by atoms with van der Waals surface area (Å²) in [5.41, 5.74) is 0.157. The molecule has 1 unspecified atom stereocenters. The highest BCUT2D eigenvalue weighted by molar-refractivity contribution is 5.79. The fraction of sp³-hybridized carbons (Fsp3) is 0.600. The summed E-state index contributed by atoms with van der Waals surface area (Å²) in [6, 6.07) is 7.62. The summed E-state index contributed by atoms with van der Waals surface area (Å²) in [6.07, 6.45) is 6.86. The van der Waals surface area contributed by atoms with E-state index in [1.54, 1.807) is 11.8 Å². The monoisotopic (exact) mass is 360 g/mol. The molecule has 2 aliphatic rings. The molecule has 1 aliphatic carbocycles. The minimum Gasteiger partial charge on any atom is -0.490 e. The topological polar surface area (TPSA) is 78.9 Å². The number of nitrogens with zero attached hydrogens (tertiary/aromatic N) is 1. The summed E-state index contributed by atoms with van der Waals surface area (Å²) in [5, 5.41) is 12.1. The van der Waals surface area contributed by atoms with Gasteiger partial charge in [-0.1, -0.05) is 18.6 Å². The second-order valence-electron chi connectivity index (χ2n) is 7.72. The van der Waals surface area contributed by atoms with Gasteiger partial charge in [-0.2, -0.15) is 0 Å². The Balaban J connectivity index is 1.46. The Morgan fingerprint density at radius 1 is 1.23 bits per heavy atom. The third-order valence-corrected chi connectivity index (χ3v) is 5.50. The molecular weight excluding hydrogens is 332 g/mol. The largest absolute Gasteiger partial charge is 0.490 e. The Kier molecular flexibility index (Phi) is 5.69. The van der Waals surface area contributed by atoms with Crippen molar-refractivity contribution in [2.75, 3.05) is 13.1 Å². The molecule has 1 aliphatic heterocycles. The maximum absolute atomic E-state index is 12.3. The van der Waals surface area contributed by atoms with Crippen LogP contribution in [0.15, 0.2) is 24.3 Å². The second kappa shape index (κ2) is 7.98. The fourth-order valence-corrected chi connectivity index (χ4v) is 3.66. The van der Waals surface area contributed by atoms with Crippen LogP contribution in [0.25, 0.3) is 0 Å². The van der Waals surface area contributed by atoms with Crippen LogP contribution in [0.1, 0.15) is 51.0 Å². The first-order chi connectivity index (χ1) is 12.5. The van der Waals surface area contributed by atoms with Gasteiger partial charge >= 0.3 is 12.0 Å². The van der Waals surface area contributed by atoms with Crippen LogP contribution in [0.3, 0.4) is 0 Å². The lowest BCUT2D eigenvalue weighted by Gasteiger charge is -2.23. The molecular formula is C20H28N2O4. The van der Waals surface area contributed by atoms with Crippen molar-refractivity contribution in [3.63, 3.8) is 0 Å². The standard InChI is InChI=1S/C20H28N2O4/c1-20(18(23)24)11-12-22(14-20)19(25)21-13-15-7-9-17(10-8-15)26-16-5-3-2-4-6-16/h7-10,16H,2-6,11-14H2,1H3,(H,21,25)(H,23,24). The van der Waals surface area contributed by atoms with Crippen molar-refractivity contribution < 1.29 is 19.4 Å². The lowest BCUT2D eigenvalue weighted by molar-refractivity contribution is -0.147. The SMILES string of the molecule is CC1(C(=O)O)CCN(C(=O)NCc2ccc(OC3CCCCC3)cc2)C1. The van der Waals surface area contributed by atoms with E-state index in [1.807, 2.05) is 24.3 Å². The number of carboxylic acids is 1. The van der Waals surface area contributed by atoms with Gasteiger partial charge in [0, 0.05) is 19.6 Å². The van der Waals surface area contributed by atoms with E-state index < -0.39 is 11.4 Å². The number of hydrogen-bond acceptors (Lipinski definition) is 3. The summed E-state index contributed by atoms with van der Waals surface area (Å²) in [6.45, 7) is 2.83. The Morgan fingerprint density at radius 3 is 2.54 bits per heavy atom. The van der Waals surface area contributed by atoms with Crippen molar-refractivity contribution in [3.8, 4) is 5.75 Å². The predicted molar refractivity (Wildman–Crippen MR) is 98.1 cm³/mol. The van der Waals surface area contributed by atoms with Gasteiger partial charge in [0.05, 0.1) is 11.5 Å². The first-order valence-electron chi connectivity index (χ1n) is 9.48. The second-order valence-corrected chi connectivity index (χ2v) is 7.72. The molecule has 1 saturated carbocycles. The van der Waals surface area contributed by atoms with Crippen LogP contribution < -0.4 is 10.1 Å². The van der Waals surface area contributed by atoms with Gasteiger partial charge in [0.2, 0.25) is 0 Å². The maximum atomic E-state index is 12.3. The van der Waals surface area contributed by atoms with E-state index in [-0.39, 0.29) is 12.6 Å². The van der Waals surface area contributed by atoms with Gasteiger partial charge in [0.15, 0.2) is 0 Å². The van der Waals surface area contributed by atoms with Gasteiger partial charge in [-0.05, 0) is 56.7 Å². The molecule has 3 rings (SSSR count). The number of benzene rings is 1. The van der Waals surface area contributed by atoms with Crippen LogP contribution in [0.2, 0.25) is 0 Å². The molecule has 6 nitrogen and oxygen atoms in total. The van der Waals surface area contributed by atoms with Crippen LogP contribution in [-0.2, 0) is 11.3 Å². The molecule has 0 bridgehead atoms. The highest BCUT2D eigenvalue weighted by Gasteiger charge is 2.42. The van der Waals surface area contributed by atoms with Crippen molar-refractivity contribution in [1.82, 2.24) is 10.2 Å². The molecule has 0 spiro atoms. The molecule has 1 atom stereocenters. The summed E-state index contributed by atoms with van der Waals surface area (Å²) in [5.74, 6) is 0.0325. The number of rotatable bonds is 5. The number of likely N-dealkylation sites (tertiary alicyclic amines) is 1. The van der Waals surface area contributed by atoms with E-state index in [1.165, 1.54) is 19.3 Å². The third-order valence-electron chi connectivity index (χ3n) is 5.50. The van der Waals surface area contributed by atoms with Gasteiger partial charge in [-0.3, -0.25) is 4.79 Å². The average molecular weight is 360 g/mol. The van der Waals surface area contributed by atoms with E-state index in [4.69, 9.17) is 4.74 Å². The number of amides is 2. The van der Waals surface area contributed by atoms with E-state index >= 15 is 0 Å². The molecule has 2 fully saturated rings. The number of aliphatic carboxylic acids is 1. The molecule has 1 aromatic carbocycles. The van der Waals surface area contributed by atoms with E-state index in [0.29, 0.717) is 25.6 Å². The molecule has 1 saturated heterocycles. The number of hydrogen-bond donors (Lipinski definition) is 2. The van der Waals surface area contributed by atoms with Crippen LogP contribution in [-0.4, -0.2) is 41.2 Å². The Bertz CT molecular complexity index is 640. The minimum absolute atomic E-state index is 0.211. The van der Waals surface area contributed by atoms with E-state index in [9.17, 15) is 14.7 Å². The van der Waals surface area contributed by atoms with Crippen molar-refractivity contribution in [2.24, 2.45) is 5.41 Å². The number of carboxylic acid groups (broad SMARTS) is 1. The maximum Gasteiger partial charge on any atom is 0.317 e.